The first-order valence-electron chi connectivity index (χ1n) is 7.52. The van der Waals surface area contributed by atoms with Gasteiger partial charge in [-0.15, -0.1) is 0 Å². The van der Waals surface area contributed by atoms with Crippen LogP contribution in [0.25, 0.3) is 0 Å². The molecule has 2 atom stereocenters. The zero-order valence-corrected chi connectivity index (χ0v) is 14.5. The largest absolute Gasteiger partial charge is 0.497 e. The molecule has 0 aliphatic heterocycles. The van der Waals surface area contributed by atoms with Crippen LogP contribution in [-0.4, -0.2) is 21.3 Å². The fourth-order valence-electron chi connectivity index (χ4n) is 3.39. The van der Waals surface area contributed by atoms with E-state index in [4.69, 9.17) is 13.8 Å². The van der Waals surface area contributed by atoms with Crippen molar-refractivity contribution in [3.05, 3.63) is 65.7 Å². The van der Waals surface area contributed by atoms with E-state index in [1.165, 1.54) is 14.2 Å². The van der Waals surface area contributed by atoms with E-state index in [0.29, 0.717) is 0 Å². The highest BCUT2D eigenvalue weighted by atomic mass is 31.2. The molecule has 0 N–H and O–H groups in total. The molecule has 1 aliphatic rings. The molecule has 0 heterocycles. The summed E-state index contributed by atoms with van der Waals surface area (Å²) in [6.45, 7) is 0. The van der Waals surface area contributed by atoms with Crippen molar-refractivity contribution in [2.24, 2.45) is 0 Å². The third-order valence-electron chi connectivity index (χ3n) is 4.69. The van der Waals surface area contributed by atoms with E-state index >= 15 is 0 Å². The smallest absolute Gasteiger partial charge is 0.341 e. The highest BCUT2D eigenvalue weighted by Gasteiger charge is 2.68. The molecular weight excluding hydrogens is 311 g/mol. The van der Waals surface area contributed by atoms with Crippen LogP contribution in [0.15, 0.2) is 54.6 Å². The molecule has 0 radical (unpaired) electrons. The van der Waals surface area contributed by atoms with Gasteiger partial charge in [-0.3, -0.25) is 4.57 Å². The molecule has 122 valence electrons. The zero-order valence-electron chi connectivity index (χ0n) is 13.6. The lowest BCUT2D eigenvalue weighted by atomic mass is 10.0. The summed E-state index contributed by atoms with van der Waals surface area (Å²) in [5, 5.41) is -0.619. The summed E-state index contributed by atoms with van der Waals surface area (Å²) in [5.74, 6) is 0.905. The quantitative estimate of drug-likeness (QED) is 0.727. The lowest BCUT2D eigenvalue weighted by Gasteiger charge is -2.26. The Hall–Kier alpha value is -1.61. The van der Waals surface area contributed by atoms with Gasteiger partial charge in [0.15, 0.2) is 0 Å². The van der Waals surface area contributed by atoms with Gasteiger partial charge < -0.3 is 13.8 Å². The Bertz CT molecular complexity index is 706. The van der Waals surface area contributed by atoms with Crippen LogP contribution in [-0.2, 0) is 18.8 Å². The third-order valence-corrected chi connectivity index (χ3v) is 7.38. The first kappa shape index (κ1) is 16.3. The summed E-state index contributed by atoms with van der Waals surface area (Å²) >= 11 is 0. The van der Waals surface area contributed by atoms with E-state index in [9.17, 15) is 4.57 Å². The van der Waals surface area contributed by atoms with Crippen molar-refractivity contribution < 1.29 is 18.3 Å². The van der Waals surface area contributed by atoms with Crippen LogP contribution in [0, 0.1) is 0 Å². The Morgan fingerprint density at radius 2 is 1.57 bits per heavy atom. The fourth-order valence-corrected chi connectivity index (χ4v) is 5.59. The lowest BCUT2D eigenvalue weighted by molar-refractivity contribution is 0.261. The minimum Gasteiger partial charge on any atom is -0.497 e. The van der Waals surface area contributed by atoms with Gasteiger partial charge in [0.05, 0.1) is 7.11 Å². The maximum absolute atomic E-state index is 13.3. The minimum absolute atomic E-state index is 0.0986. The van der Waals surface area contributed by atoms with Gasteiger partial charge in [0.25, 0.3) is 0 Å². The summed E-state index contributed by atoms with van der Waals surface area (Å²) in [6.07, 6.45) is 0.738. The summed E-state index contributed by atoms with van der Waals surface area (Å²) in [6, 6.07) is 17.7. The van der Waals surface area contributed by atoms with Gasteiger partial charge in [0, 0.05) is 20.1 Å². The predicted octanol–water partition coefficient (Wildman–Crippen LogP) is 4.56. The molecular formula is C18H21O4P. The number of ether oxygens (including phenoxy) is 1. The van der Waals surface area contributed by atoms with Crippen LogP contribution in [0.2, 0.25) is 0 Å². The number of methoxy groups -OCH3 is 1. The van der Waals surface area contributed by atoms with Crippen molar-refractivity contribution in [3.63, 3.8) is 0 Å². The van der Waals surface area contributed by atoms with E-state index in [1.807, 2.05) is 54.6 Å². The molecule has 23 heavy (non-hydrogen) atoms. The molecule has 0 unspecified atom stereocenters. The zero-order chi connectivity index (χ0) is 16.5. The van der Waals surface area contributed by atoms with Crippen LogP contribution < -0.4 is 4.74 Å². The molecule has 0 bridgehead atoms. The molecule has 0 aromatic heterocycles. The van der Waals surface area contributed by atoms with Gasteiger partial charge in [-0.25, -0.2) is 0 Å². The Morgan fingerprint density at radius 3 is 2.09 bits per heavy atom. The molecule has 4 nitrogen and oxygen atoms in total. The normalized spacial score (nSPS) is 23.5. The van der Waals surface area contributed by atoms with Gasteiger partial charge in [0.1, 0.15) is 10.9 Å². The van der Waals surface area contributed by atoms with Gasteiger partial charge >= 0.3 is 7.60 Å². The fraction of sp³-hybridized carbons (Fsp3) is 0.333. The van der Waals surface area contributed by atoms with Crippen molar-refractivity contribution in [1.82, 2.24) is 0 Å². The van der Waals surface area contributed by atoms with Gasteiger partial charge in [-0.05, 0) is 29.7 Å². The Balaban J connectivity index is 2.04. The summed E-state index contributed by atoms with van der Waals surface area (Å²) in [4.78, 5) is 0. The highest BCUT2D eigenvalue weighted by molar-refractivity contribution is 7.55. The van der Waals surface area contributed by atoms with Crippen LogP contribution in [0.3, 0.4) is 0 Å². The number of rotatable bonds is 6. The SMILES string of the molecule is COc1ccc([C@H]2C[C@]2(c2ccccc2)P(=O)(OC)OC)cc1. The third kappa shape index (κ3) is 2.51. The molecule has 1 fully saturated rings. The van der Waals surface area contributed by atoms with E-state index in [2.05, 4.69) is 0 Å². The second kappa shape index (κ2) is 6.12. The summed E-state index contributed by atoms with van der Waals surface area (Å²) in [7, 11) is 1.29. The average Bonchev–Trinajstić information content (AvgIpc) is 3.39. The minimum atomic E-state index is -3.27. The second-order valence-corrected chi connectivity index (χ2v) is 8.21. The van der Waals surface area contributed by atoms with Crippen molar-refractivity contribution in [2.45, 2.75) is 17.5 Å². The molecule has 1 aliphatic carbocycles. The van der Waals surface area contributed by atoms with Crippen LogP contribution in [0.5, 0.6) is 5.75 Å². The van der Waals surface area contributed by atoms with Crippen molar-refractivity contribution >= 4 is 7.60 Å². The lowest BCUT2D eigenvalue weighted by Crippen LogP contribution is -2.13. The molecule has 1 saturated carbocycles. The molecule has 3 rings (SSSR count). The first-order valence-corrected chi connectivity index (χ1v) is 9.06. The topological polar surface area (TPSA) is 44.8 Å². The number of hydrogen-bond acceptors (Lipinski definition) is 4. The van der Waals surface area contributed by atoms with E-state index in [0.717, 1.165) is 23.3 Å². The number of benzene rings is 2. The molecule has 0 saturated heterocycles. The maximum atomic E-state index is 13.3. The van der Waals surface area contributed by atoms with Crippen LogP contribution in [0.4, 0.5) is 0 Å². The van der Waals surface area contributed by atoms with E-state index in [-0.39, 0.29) is 5.92 Å². The van der Waals surface area contributed by atoms with E-state index < -0.39 is 12.8 Å². The van der Waals surface area contributed by atoms with Gasteiger partial charge in [-0.1, -0.05) is 42.5 Å². The highest BCUT2D eigenvalue weighted by Crippen LogP contribution is 2.81. The predicted molar refractivity (Wildman–Crippen MR) is 90.1 cm³/mol. The van der Waals surface area contributed by atoms with Crippen LogP contribution >= 0.6 is 7.60 Å². The average molecular weight is 332 g/mol. The van der Waals surface area contributed by atoms with E-state index in [1.54, 1.807) is 7.11 Å². The van der Waals surface area contributed by atoms with Crippen molar-refractivity contribution in [1.29, 1.82) is 0 Å². The molecule has 2 aromatic carbocycles. The van der Waals surface area contributed by atoms with Gasteiger partial charge in [-0.2, -0.15) is 0 Å². The van der Waals surface area contributed by atoms with Crippen molar-refractivity contribution in [2.75, 3.05) is 21.3 Å². The standard InChI is InChI=1S/C18H21O4P/c1-20-16-11-9-14(10-12-16)17-13-18(17,23(19,21-2)22-3)15-7-5-4-6-8-15/h4-12,17H,13H2,1-3H3/t17-,18-/m1/s1. The Kier molecular flexibility index (Phi) is 4.33. The molecule has 0 spiro atoms. The number of hydrogen-bond donors (Lipinski definition) is 0. The summed E-state index contributed by atoms with van der Waals surface area (Å²) < 4.78 is 29.2. The monoisotopic (exact) mass is 332 g/mol. The Labute approximate surface area is 136 Å². The molecule has 0 amide bonds. The van der Waals surface area contributed by atoms with Crippen LogP contribution in [0.1, 0.15) is 23.5 Å². The summed E-state index contributed by atoms with van der Waals surface area (Å²) in [5.41, 5.74) is 2.11. The van der Waals surface area contributed by atoms with Crippen molar-refractivity contribution in [3.8, 4) is 5.75 Å². The van der Waals surface area contributed by atoms with Gasteiger partial charge in [0.2, 0.25) is 0 Å². The molecule has 2 aromatic rings. The molecule has 5 heteroatoms. The first-order chi connectivity index (χ1) is 11.1. The second-order valence-electron chi connectivity index (χ2n) is 5.68. The maximum Gasteiger partial charge on any atom is 0.341 e. The Morgan fingerprint density at radius 1 is 0.957 bits per heavy atom.